The monoisotopic (exact) mass is 619 g/mol. The van der Waals surface area contributed by atoms with Crippen LogP contribution in [0.4, 0.5) is 0 Å². The molecule has 0 aromatic heterocycles. The average Bonchev–Trinajstić information content (AvgIpc) is 2.97. The van der Waals surface area contributed by atoms with Crippen LogP contribution in [-0.2, 0) is 27.9 Å². The Morgan fingerprint density at radius 1 is 0.714 bits per heavy atom. The van der Waals surface area contributed by atoms with Crippen LogP contribution in [0.15, 0.2) is 12.2 Å². The van der Waals surface area contributed by atoms with Crippen molar-refractivity contribution in [1.82, 2.24) is 5.32 Å². The number of amides is 1. The second-order valence-corrected chi connectivity index (χ2v) is 12.6. The molecule has 42 heavy (non-hydrogen) atoms. The van der Waals surface area contributed by atoms with Crippen LogP contribution in [0.2, 0.25) is 0 Å². The minimum absolute atomic E-state index is 0.0826. The topological polar surface area (TPSA) is 131 Å². The number of ether oxygens (including phenoxy) is 1. The minimum Gasteiger partial charge on any atom is -0.463 e. The van der Waals surface area contributed by atoms with Gasteiger partial charge in [0.15, 0.2) is 0 Å². The van der Waals surface area contributed by atoms with Crippen LogP contribution >= 0.6 is 7.82 Å². The molecule has 0 heterocycles. The molecule has 248 valence electrons. The number of allylic oxidation sites excluding steroid dienone is 2. The molecule has 0 aliphatic rings. The van der Waals surface area contributed by atoms with Crippen LogP contribution in [0, 0.1) is 0 Å². The van der Waals surface area contributed by atoms with Crippen molar-refractivity contribution in [3.05, 3.63) is 12.2 Å². The molecule has 0 aliphatic carbocycles. The summed E-state index contributed by atoms with van der Waals surface area (Å²) in [5, 5.41) is 12.4. The summed E-state index contributed by atoms with van der Waals surface area (Å²) in [5.41, 5.74) is 0. The highest BCUT2D eigenvalue weighted by atomic mass is 31.2. The van der Waals surface area contributed by atoms with E-state index in [1.807, 2.05) is 6.92 Å². The molecule has 0 radical (unpaired) electrons. The molecule has 0 aromatic carbocycles. The van der Waals surface area contributed by atoms with Crippen molar-refractivity contribution in [2.45, 2.75) is 155 Å². The highest BCUT2D eigenvalue weighted by molar-refractivity contribution is 7.47. The van der Waals surface area contributed by atoms with Crippen molar-refractivity contribution < 1.29 is 37.9 Å². The fraction of sp³-hybridized carbons (Fsp3) is 0.875. The van der Waals surface area contributed by atoms with Gasteiger partial charge in [0.05, 0.1) is 13.2 Å². The number of rotatable bonds is 31. The van der Waals surface area contributed by atoms with Crippen molar-refractivity contribution in [2.24, 2.45) is 0 Å². The number of esters is 1. The Labute approximate surface area is 256 Å². The predicted molar refractivity (Wildman–Crippen MR) is 169 cm³/mol. The van der Waals surface area contributed by atoms with E-state index in [-0.39, 0.29) is 32.1 Å². The SMILES string of the molecule is CCCCCCCC/C=C/CCCCCCCCCCCC(=O)NCCOP(=O)(O)OCC(O)COC(=O)CCCC. The Morgan fingerprint density at radius 3 is 1.81 bits per heavy atom. The molecule has 0 spiro atoms. The van der Waals surface area contributed by atoms with Gasteiger partial charge in [0, 0.05) is 19.4 Å². The largest absolute Gasteiger partial charge is 0.472 e. The molecule has 2 unspecified atom stereocenters. The first kappa shape index (κ1) is 40.8. The Hall–Kier alpha value is -1.25. The maximum atomic E-state index is 11.9. The zero-order chi connectivity index (χ0) is 31.2. The number of nitrogens with one attached hydrogen (secondary N) is 1. The van der Waals surface area contributed by atoms with Crippen molar-refractivity contribution in [3.63, 3.8) is 0 Å². The van der Waals surface area contributed by atoms with E-state index >= 15 is 0 Å². The molecular formula is C32H62NO8P. The van der Waals surface area contributed by atoms with Gasteiger partial charge in [-0.3, -0.25) is 18.6 Å². The van der Waals surface area contributed by atoms with E-state index in [1.165, 1.54) is 89.9 Å². The van der Waals surface area contributed by atoms with Gasteiger partial charge in [0.2, 0.25) is 5.91 Å². The lowest BCUT2D eigenvalue weighted by Crippen LogP contribution is -2.27. The minimum atomic E-state index is -4.38. The number of carbonyl (C=O) groups is 2. The quantitative estimate of drug-likeness (QED) is 0.0309. The average molecular weight is 620 g/mol. The predicted octanol–water partition coefficient (Wildman–Crippen LogP) is 7.93. The molecule has 2 atom stereocenters. The van der Waals surface area contributed by atoms with Crippen LogP contribution < -0.4 is 5.32 Å². The summed E-state index contributed by atoms with van der Waals surface area (Å²) in [4.78, 5) is 33.0. The molecule has 10 heteroatoms. The zero-order valence-electron chi connectivity index (χ0n) is 26.7. The number of unbranched alkanes of at least 4 members (excludes halogenated alkanes) is 16. The Morgan fingerprint density at radius 2 is 1.24 bits per heavy atom. The van der Waals surface area contributed by atoms with E-state index in [9.17, 15) is 24.2 Å². The summed E-state index contributed by atoms with van der Waals surface area (Å²) in [5.74, 6) is -0.554. The first-order valence-electron chi connectivity index (χ1n) is 16.7. The summed E-state index contributed by atoms with van der Waals surface area (Å²) in [6, 6.07) is 0. The summed E-state index contributed by atoms with van der Waals surface area (Å²) >= 11 is 0. The fourth-order valence-electron chi connectivity index (χ4n) is 4.35. The lowest BCUT2D eigenvalue weighted by Gasteiger charge is -2.15. The van der Waals surface area contributed by atoms with Crippen molar-refractivity contribution >= 4 is 19.7 Å². The molecule has 0 saturated carbocycles. The molecular weight excluding hydrogens is 557 g/mol. The third-order valence-corrected chi connectivity index (χ3v) is 7.93. The molecule has 0 aliphatic heterocycles. The molecule has 0 saturated heterocycles. The Kier molecular flexibility index (Phi) is 28.9. The van der Waals surface area contributed by atoms with Crippen LogP contribution in [0.25, 0.3) is 0 Å². The van der Waals surface area contributed by atoms with Crippen molar-refractivity contribution in [3.8, 4) is 0 Å². The smallest absolute Gasteiger partial charge is 0.463 e. The maximum absolute atomic E-state index is 11.9. The number of aliphatic hydroxyl groups excluding tert-OH is 1. The third kappa shape index (κ3) is 30.2. The summed E-state index contributed by atoms with van der Waals surface area (Å²) in [7, 11) is -4.38. The summed E-state index contributed by atoms with van der Waals surface area (Å²) < 4.78 is 26.3. The first-order valence-corrected chi connectivity index (χ1v) is 18.2. The second kappa shape index (κ2) is 29.8. The van der Waals surface area contributed by atoms with Gasteiger partial charge in [-0.2, -0.15) is 0 Å². The first-order chi connectivity index (χ1) is 20.3. The molecule has 0 aromatic rings. The molecule has 3 N–H and O–H groups in total. The van der Waals surface area contributed by atoms with Gasteiger partial charge in [-0.15, -0.1) is 0 Å². The zero-order valence-corrected chi connectivity index (χ0v) is 27.6. The molecule has 1 amide bonds. The van der Waals surface area contributed by atoms with Crippen molar-refractivity contribution in [2.75, 3.05) is 26.4 Å². The molecule has 0 rings (SSSR count). The van der Waals surface area contributed by atoms with E-state index in [0.29, 0.717) is 12.8 Å². The van der Waals surface area contributed by atoms with Crippen LogP contribution in [-0.4, -0.2) is 54.3 Å². The summed E-state index contributed by atoms with van der Waals surface area (Å²) in [6.45, 7) is 3.25. The van der Waals surface area contributed by atoms with E-state index in [2.05, 4.69) is 24.4 Å². The molecule has 0 bridgehead atoms. The number of phosphoric ester groups is 1. The normalized spacial score (nSPS) is 13.7. The Balaban J connectivity index is 3.51. The lowest BCUT2D eigenvalue weighted by atomic mass is 10.1. The van der Waals surface area contributed by atoms with Crippen LogP contribution in [0.5, 0.6) is 0 Å². The van der Waals surface area contributed by atoms with E-state index < -0.39 is 26.5 Å². The number of hydrogen-bond acceptors (Lipinski definition) is 7. The maximum Gasteiger partial charge on any atom is 0.472 e. The molecule has 9 nitrogen and oxygen atoms in total. The van der Waals surface area contributed by atoms with Gasteiger partial charge in [-0.05, 0) is 38.5 Å². The van der Waals surface area contributed by atoms with E-state index in [1.54, 1.807) is 0 Å². The van der Waals surface area contributed by atoms with Gasteiger partial charge in [-0.1, -0.05) is 109 Å². The van der Waals surface area contributed by atoms with E-state index in [0.717, 1.165) is 25.7 Å². The highest BCUT2D eigenvalue weighted by Gasteiger charge is 2.23. The Bertz CT molecular complexity index is 719. The lowest BCUT2D eigenvalue weighted by molar-refractivity contribution is -0.147. The second-order valence-electron chi connectivity index (χ2n) is 11.1. The third-order valence-electron chi connectivity index (χ3n) is 6.95. The van der Waals surface area contributed by atoms with E-state index in [4.69, 9.17) is 13.8 Å². The van der Waals surface area contributed by atoms with Gasteiger partial charge in [0.25, 0.3) is 0 Å². The van der Waals surface area contributed by atoms with Gasteiger partial charge >= 0.3 is 13.8 Å². The fourth-order valence-corrected chi connectivity index (χ4v) is 5.11. The van der Waals surface area contributed by atoms with Gasteiger partial charge in [0.1, 0.15) is 12.7 Å². The van der Waals surface area contributed by atoms with Crippen molar-refractivity contribution in [1.29, 1.82) is 0 Å². The number of aliphatic hydroxyl groups is 1. The standard InChI is InChI=1S/C32H62NO8P/c1-3-5-7-8-9-10-11-12-13-14-15-16-17-18-19-20-21-22-23-24-31(35)33-26-27-40-42(37,38)41-29-30(34)28-39-32(36)25-6-4-2/h12-13,30,34H,3-11,14-29H2,1-2H3,(H,33,35)(H,37,38)/b13-12+. The van der Waals surface area contributed by atoms with Crippen LogP contribution in [0.3, 0.4) is 0 Å². The van der Waals surface area contributed by atoms with Gasteiger partial charge < -0.3 is 20.1 Å². The summed E-state index contributed by atoms with van der Waals surface area (Å²) in [6.07, 6.45) is 26.9. The van der Waals surface area contributed by atoms with Crippen LogP contribution in [0.1, 0.15) is 149 Å². The number of carbonyl (C=O) groups excluding carboxylic acids is 2. The molecule has 0 fully saturated rings. The van der Waals surface area contributed by atoms with Gasteiger partial charge in [-0.25, -0.2) is 4.57 Å². The highest BCUT2D eigenvalue weighted by Crippen LogP contribution is 2.42. The number of hydrogen-bond donors (Lipinski definition) is 3. The number of phosphoric acid groups is 1.